The Labute approximate surface area is 130 Å². The molecule has 0 radical (unpaired) electrons. The van der Waals surface area contributed by atoms with Gasteiger partial charge in [0.25, 0.3) is 0 Å². The van der Waals surface area contributed by atoms with Crippen molar-refractivity contribution >= 4 is 37.5 Å². The maximum Gasteiger partial charge on any atom is 0.0967 e. The van der Waals surface area contributed by atoms with Crippen molar-refractivity contribution in [2.24, 2.45) is 0 Å². The van der Waals surface area contributed by atoms with E-state index in [-0.39, 0.29) is 0 Å². The number of para-hydroxylation sites is 1. The van der Waals surface area contributed by atoms with Crippen LogP contribution in [0.4, 0.5) is 0 Å². The Kier molecular flexibility index (Phi) is 3.87. The Bertz CT molecular complexity index is 720. The van der Waals surface area contributed by atoms with Gasteiger partial charge < -0.3 is 5.11 Å². The number of thiazole rings is 1. The number of aromatic nitrogens is 1. The summed E-state index contributed by atoms with van der Waals surface area (Å²) >= 11 is 5.15. The van der Waals surface area contributed by atoms with E-state index in [9.17, 15) is 5.11 Å². The predicted molar refractivity (Wildman–Crippen MR) is 87.2 cm³/mol. The summed E-state index contributed by atoms with van der Waals surface area (Å²) in [5, 5.41) is 11.4. The standard InChI is InChI=1S/C16H14BrNOS/c1-10-11(5-4-6-12(10)17)14(19)9-16-18-13-7-2-3-8-15(13)20-16/h2-8,14,19H,9H2,1H3. The molecule has 2 nitrogen and oxygen atoms in total. The Morgan fingerprint density at radius 1 is 1.20 bits per heavy atom. The van der Waals surface area contributed by atoms with E-state index in [1.165, 1.54) is 4.70 Å². The first-order chi connectivity index (χ1) is 9.65. The number of benzene rings is 2. The highest BCUT2D eigenvalue weighted by Gasteiger charge is 2.15. The zero-order chi connectivity index (χ0) is 14.1. The lowest BCUT2D eigenvalue weighted by atomic mass is 10.0. The van der Waals surface area contributed by atoms with Gasteiger partial charge in [-0.25, -0.2) is 4.98 Å². The molecule has 0 bridgehead atoms. The molecule has 3 aromatic rings. The average Bonchev–Trinajstić information content (AvgIpc) is 2.83. The van der Waals surface area contributed by atoms with Crippen molar-refractivity contribution in [3.8, 4) is 0 Å². The van der Waals surface area contributed by atoms with E-state index in [0.717, 1.165) is 26.1 Å². The summed E-state index contributed by atoms with van der Waals surface area (Å²) in [7, 11) is 0. The fourth-order valence-corrected chi connectivity index (χ4v) is 3.65. The van der Waals surface area contributed by atoms with Crippen LogP contribution in [0.15, 0.2) is 46.9 Å². The van der Waals surface area contributed by atoms with Crippen LogP contribution >= 0.6 is 27.3 Å². The van der Waals surface area contributed by atoms with Gasteiger partial charge in [-0.3, -0.25) is 0 Å². The maximum atomic E-state index is 10.5. The Morgan fingerprint density at radius 2 is 2.00 bits per heavy atom. The van der Waals surface area contributed by atoms with Crippen molar-refractivity contribution in [1.29, 1.82) is 0 Å². The number of halogens is 1. The number of fused-ring (bicyclic) bond motifs is 1. The number of aliphatic hydroxyl groups is 1. The summed E-state index contributed by atoms with van der Waals surface area (Å²) in [6.07, 6.45) is 0.0319. The summed E-state index contributed by atoms with van der Waals surface area (Å²) in [5.74, 6) is 0. The van der Waals surface area contributed by atoms with Gasteiger partial charge in [0, 0.05) is 10.9 Å². The van der Waals surface area contributed by atoms with Crippen LogP contribution in [0.3, 0.4) is 0 Å². The molecular formula is C16H14BrNOS. The third kappa shape index (κ3) is 2.64. The van der Waals surface area contributed by atoms with Crippen LogP contribution in [-0.4, -0.2) is 10.1 Å². The molecule has 20 heavy (non-hydrogen) atoms. The van der Waals surface area contributed by atoms with Crippen molar-refractivity contribution in [2.45, 2.75) is 19.4 Å². The van der Waals surface area contributed by atoms with Crippen molar-refractivity contribution in [3.05, 3.63) is 63.1 Å². The summed E-state index contributed by atoms with van der Waals surface area (Å²) in [6.45, 7) is 2.01. The van der Waals surface area contributed by atoms with Crippen LogP contribution < -0.4 is 0 Å². The van der Waals surface area contributed by atoms with Crippen LogP contribution in [0, 0.1) is 6.92 Å². The molecule has 3 rings (SSSR count). The molecule has 0 aliphatic rings. The van der Waals surface area contributed by atoms with Crippen LogP contribution in [-0.2, 0) is 6.42 Å². The molecule has 0 fully saturated rings. The van der Waals surface area contributed by atoms with Crippen molar-refractivity contribution in [2.75, 3.05) is 0 Å². The number of rotatable bonds is 3. The minimum absolute atomic E-state index is 0.520. The van der Waals surface area contributed by atoms with Gasteiger partial charge in [-0.1, -0.05) is 40.2 Å². The molecule has 4 heteroatoms. The van der Waals surface area contributed by atoms with Crippen LogP contribution in [0.5, 0.6) is 0 Å². The van der Waals surface area contributed by atoms with Gasteiger partial charge in [0.05, 0.1) is 21.3 Å². The Balaban J connectivity index is 1.88. The number of nitrogens with zero attached hydrogens (tertiary/aromatic N) is 1. The highest BCUT2D eigenvalue weighted by atomic mass is 79.9. The number of aliphatic hydroxyl groups excluding tert-OH is 1. The maximum absolute atomic E-state index is 10.5. The molecule has 102 valence electrons. The lowest BCUT2D eigenvalue weighted by molar-refractivity contribution is 0.177. The minimum atomic E-state index is -0.520. The molecule has 0 saturated heterocycles. The molecule has 1 atom stereocenters. The zero-order valence-corrected chi connectivity index (χ0v) is 13.4. The first-order valence-corrected chi connectivity index (χ1v) is 8.03. The van der Waals surface area contributed by atoms with E-state index in [1.54, 1.807) is 11.3 Å². The van der Waals surface area contributed by atoms with Gasteiger partial charge in [0.2, 0.25) is 0 Å². The minimum Gasteiger partial charge on any atom is -0.388 e. The number of hydrogen-bond donors (Lipinski definition) is 1. The van der Waals surface area contributed by atoms with Crippen molar-refractivity contribution in [3.63, 3.8) is 0 Å². The van der Waals surface area contributed by atoms with Crippen LogP contribution in [0.2, 0.25) is 0 Å². The molecule has 0 saturated carbocycles. The van der Waals surface area contributed by atoms with Gasteiger partial charge >= 0.3 is 0 Å². The first-order valence-electron chi connectivity index (χ1n) is 6.42. The van der Waals surface area contributed by atoms with E-state index >= 15 is 0 Å². The highest BCUT2D eigenvalue weighted by Crippen LogP contribution is 2.29. The molecule has 1 unspecified atom stereocenters. The lowest BCUT2D eigenvalue weighted by Gasteiger charge is -2.13. The van der Waals surface area contributed by atoms with Crippen LogP contribution in [0.25, 0.3) is 10.2 Å². The monoisotopic (exact) mass is 347 g/mol. The fraction of sp³-hybridized carbons (Fsp3) is 0.188. The predicted octanol–water partition coefficient (Wildman–Crippen LogP) is 4.64. The Morgan fingerprint density at radius 3 is 2.80 bits per heavy atom. The van der Waals surface area contributed by atoms with Gasteiger partial charge in [0.1, 0.15) is 0 Å². The summed E-state index contributed by atoms with van der Waals surface area (Å²) < 4.78 is 2.19. The largest absolute Gasteiger partial charge is 0.388 e. The topological polar surface area (TPSA) is 33.1 Å². The fourth-order valence-electron chi connectivity index (χ4n) is 2.27. The van der Waals surface area contributed by atoms with Crippen LogP contribution in [0.1, 0.15) is 22.2 Å². The van der Waals surface area contributed by atoms with E-state index < -0.39 is 6.10 Å². The molecule has 0 aliphatic carbocycles. The zero-order valence-electron chi connectivity index (χ0n) is 11.0. The third-order valence-corrected chi connectivity index (χ3v) is 5.29. The van der Waals surface area contributed by atoms with Crippen molar-refractivity contribution in [1.82, 2.24) is 4.98 Å². The smallest absolute Gasteiger partial charge is 0.0967 e. The summed E-state index contributed by atoms with van der Waals surface area (Å²) in [5.41, 5.74) is 3.05. The van der Waals surface area contributed by atoms with Gasteiger partial charge in [-0.15, -0.1) is 11.3 Å². The van der Waals surface area contributed by atoms with E-state index in [2.05, 4.69) is 27.0 Å². The van der Waals surface area contributed by atoms with Crippen molar-refractivity contribution < 1.29 is 5.11 Å². The van der Waals surface area contributed by atoms with E-state index in [1.807, 2.05) is 43.3 Å². The second kappa shape index (κ2) is 5.64. The molecule has 2 aromatic carbocycles. The SMILES string of the molecule is Cc1c(Br)cccc1C(O)Cc1nc2ccccc2s1. The molecule has 0 spiro atoms. The first kappa shape index (κ1) is 13.7. The second-order valence-electron chi connectivity index (χ2n) is 4.75. The molecule has 0 aliphatic heterocycles. The number of hydrogen-bond acceptors (Lipinski definition) is 3. The highest BCUT2D eigenvalue weighted by molar-refractivity contribution is 9.10. The van der Waals surface area contributed by atoms with Gasteiger partial charge in [-0.2, -0.15) is 0 Å². The normalized spacial score (nSPS) is 12.8. The summed E-state index contributed by atoms with van der Waals surface area (Å²) in [6, 6.07) is 14.0. The molecule has 1 N–H and O–H groups in total. The van der Waals surface area contributed by atoms with E-state index in [4.69, 9.17) is 0 Å². The molecule has 1 heterocycles. The second-order valence-corrected chi connectivity index (χ2v) is 6.72. The lowest BCUT2D eigenvalue weighted by Crippen LogP contribution is -2.03. The Hall–Kier alpha value is -1.23. The quantitative estimate of drug-likeness (QED) is 0.748. The average molecular weight is 348 g/mol. The molecular weight excluding hydrogens is 334 g/mol. The van der Waals surface area contributed by atoms with Gasteiger partial charge in [0.15, 0.2) is 0 Å². The van der Waals surface area contributed by atoms with E-state index in [0.29, 0.717) is 6.42 Å². The van der Waals surface area contributed by atoms with Gasteiger partial charge in [-0.05, 0) is 36.2 Å². The third-order valence-electron chi connectivity index (χ3n) is 3.37. The molecule has 1 aromatic heterocycles. The molecule has 0 amide bonds. The summed E-state index contributed by atoms with van der Waals surface area (Å²) in [4.78, 5) is 4.58.